The van der Waals surface area contributed by atoms with Crippen LogP contribution < -0.4 is 5.32 Å². The summed E-state index contributed by atoms with van der Waals surface area (Å²) >= 11 is 0. The number of carboxylic acid groups (broad SMARTS) is 1. The molecular formula is C12H11NO5. The number of carbonyl (C=O) groups is 2. The van der Waals surface area contributed by atoms with Gasteiger partial charge in [-0.1, -0.05) is 0 Å². The van der Waals surface area contributed by atoms with Crippen molar-refractivity contribution < 1.29 is 23.5 Å². The Morgan fingerprint density at radius 3 is 2.72 bits per heavy atom. The van der Waals surface area contributed by atoms with Crippen LogP contribution in [0.3, 0.4) is 0 Å². The minimum atomic E-state index is -1.05. The number of amides is 1. The van der Waals surface area contributed by atoms with E-state index in [2.05, 4.69) is 5.32 Å². The average Bonchev–Trinajstić information content (AvgIpc) is 2.95. The van der Waals surface area contributed by atoms with Crippen LogP contribution in [0.5, 0.6) is 0 Å². The molecular weight excluding hydrogens is 238 g/mol. The molecule has 94 valence electrons. The maximum Gasteiger partial charge on any atom is 0.311 e. The third-order valence-corrected chi connectivity index (χ3v) is 2.31. The lowest BCUT2D eigenvalue weighted by molar-refractivity contribution is -0.136. The molecule has 0 atom stereocenters. The minimum absolute atomic E-state index is 0.138. The molecule has 0 aliphatic rings. The zero-order valence-electron chi connectivity index (χ0n) is 9.38. The smallest absolute Gasteiger partial charge is 0.311 e. The Hall–Kier alpha value is -2.50. The van der Waals surface area contributed by atoms with Crippen LogP contribution in [0, 0.1) is 0 Å². The summed E-state index contributed by atoms with van der Waals surface area (Å²) in [5, 5.41) is 11.3. The van der Waals surface area contributed by atoms with E-state index in [1.807, 2.05) is 0 Å². The fourth-order valence-electron chi connectivity index (χ4n) is 1.49. The topological polar surface area (TPSA) is 92.7 Å². The lowest BCUT2D eigenvalue weighted by Gasteiger charge is -2.02. The molecule has 2 rings (SSSR count). The van der Waals surface area contributed by atoms with Crippen LogP contribution in [0.1, 0.15) is 21.9 Å². The number of nitrogens with one attached hydrogen (secondary N) is 1. The summed E-state index contributed by atoms with van der Waals surface area (Å²) in [7, 11) is 0. The highest BCUT2D eigenvalue weighted by Crippen LogP contribution is 2.11. The van der Waals surface area contributed by atoms with Crippen LogP contribution in [-0.2, 0) is 17.8 Å². The van der Waals surface area contributed by atoms with Crippen molar-refractivity contribution in [2.45, 2.75) is 13.0 Å². The first-order chi connectivity index (χ1) is 8.66. The van der Waals surface area contributed by atoms with Gasteiger partial charge < -0.3 is 19.3 Å². The zero-order valence-corrected chi connectivity index (χ0v) is 9.38. The first kappa shape index (κ1) is 12.0. The van der Waals surface area contributed by atoms with Gasteiger partial charge in [0.05, 0.1) is 24.6 Å². The van der Waals surface area contributed by atoms with Gasteiger partial charge in [-0.05, 0) is 18.2 Å². The van der Waals surface area contributed by atoms with Gasteiger partial charge in [0.25, 0.3) is 5.91 Å². The molecule has 6 heteroatoms. The van der Waals surface area contributed by atoms with Gasteiger partial charge in [0.15, 0.2) is 0 Å². The minimum Gasteiger partial charge on any atom is -0.481 e. The zero-order chi connectivity index (χ0) is 13.0. The van der Waals surface area contributed by atoms with Gasteiger partial charge in [-0.15, -0.1) is 0 Å². The average molecular weight is 249 g/mol. The van der Waals surface area contributed by atoms with E-state index < -0.39 is 11.9 Å². The van der Waals surface area contributed by atoms with Crippen molar-refractivity contribution in [3.8, 4) is 0 Å². The van der Waals surface area contributed by atoms with E-state index in [1.165, 1.54) is 18.6 Å². The number of carbonyl (C=O) groups excluding carboxylic acids is 1. The molecule has 0 saturated carbocycles. The summed E-state index contributed by atoms with van der Waals surface area (Å²) in [5.41, 5.74) is 0.226. The molecule has 2 aromatic heterocycles. The lowest BCUT2D eigenvalue weighted by Crippen LogP contribution is -2.23. The number of hydrogen-bond donors (Lipinski definition) is 2. The Labute approximate surface area is 102 Å². The van der Waals surface area contributed by atoms with Crippen LogP contribution in [0.15, 0.2) is 39.6 Å². The molecule has 0 aliphatic heterocycles. The van der Waals surface area contributed by atoms with E-state index in [1.54, 1.807) is 12.1 Å². The summed E-state index contributed by atoms with van der Waals surface area (Å²) in [5.74, 6) is -0.687. The van der Waals surface area contributed by atoms with Crippen molar-refractivity contribution >= 4 is 11.9 Å². The maximum absolute atomic E-state index is 11.8. The molecule has 2 heterocycles. The standard InChI is InChI=1S/C12H11NO5/c14-11(15)6-10-9(3-5-18-10)12(16)13-7-8-2-1-4-17-8/h1-5H,6-7H2,(H,13,16)(H,14,15). The van der Waals surface area contributed by atoms with E-state index in [-0.39, 0.29) is 24.3 Å². The van der Waals surface area contributed by atoms with Crippen molar-refractivity contribution in [2.75, 3.05) is 0 Å². The molecule has 0 spiro atoms. The van der Waals surface area contributed by atoms with E-state index in [0.29, 0.717) is 5.76 Å². The number of rotatable bonds is 5. The van der Waals surface area contributed by atoms with E-state index in [9.17, 15) is 9.59 Å². The highest BCUT2D eigenvalue weighted by molar-refractivity contribution is 5.95. The molecule has 1 amide bonds. The van der Waals surface area contributed by atoms with Crippen molar-refractivity contribution in [2.24, 2.45) is 0 Å². The predicted molar refractivity (Wildman–Crippen MR) is 59.9 cm³/mol. The second kappa shape index (κ2) is 5.22. The Morgan fingerprint density at radius 1 is 1.22 bits per heavy atom. The fraction of sp³-hybridized carbons (Fsp3) is 0.167. The van der Waals surface area contributed by atoms with Crippen LogP contribution in [0.2, 0.25) is 0 Å². The Kier molecular flexibility index (Phi) is 3.47. The van der Waals surface area contributed by atoms with Crippen LogP contribution in [-0.4, -0.2) is 17.0 Å². The molecule has 0 aromatic carbocycles. The molecule has 2 N–H and O–H groups in total. The second-order valence-corrected chi connectivity index (χ2v) is 3.59. The summed E-state index contributed by atoms with van der Waals surface area (Å²) < 4.78 is 10.0. The number of carboxylic acids is 1. The van der Waals surface area contributed by atoms with Gasteiger partial charge in [-0.3, -0.25) is 9.59 Å². The van der Waals surface area contributed by atoms with Gasteiger partial charge in [-0.25, -0.2) is 0 Å². The van der Waals surface area contributed by atoms with Crippen LogP contribution >= 0.6 is 0 Å². The molecule has 0 fully saturated rings. The molecule has 0 aliphatic carbocycles. The largest absolute Gasteiger partial charge is 0.481 e. The quantitative estimate of drug-likeness (QED) is 0.836. The van der Waals surface area contributed by atoms with Gasteiger partial charge in [-0.2, -0.15) is 0 Å². The second-order valence-electron chi connectivity index (χ2n) is 3.59. The normalized spacial score (nSPS) is 10.2. The maximum atomic E-state index is 11.8. The number of hydrogen-bond acceptors (Lipinski definition) is 4. The molecule has 2 aromatic rings. The SMILES string of the molecule is O=C(O)Cc1occc1C(=O)NCc1ccco1. The third-order valence-electron chi connectivity index (χ3n) is 2.31. The summed E-state index contributed by atoms with van der Waals surface area (Å²) in [6.07, 6.45) is 2.48. The van der Waals surface area contributed by atoms with Gasteiger partial charge in [0.1, 0.15) is 17.9 Å². The highest BCUT2D eigenvalue weighted by Gasteiger charge is 2.16. The summed E-state index contributed by atoms with van der Waals surface area (Å²) in [4.78, 5) is 22.4. The summed E-state index contributed by atoms with van der Waals surface area (Å²) in [6, 6.07) is 4.89. The van der Waals surface area contributed by atoms with E-state index >= 15 is 0 Å². The van der Waals surface area contributed by atoms with Crippen LogP contribution in [0.25, 0.3) is 0 Å². The molecule has 0 bridgehead atoms. The van der Waals surface area contributed by atoms with Gasteiger partial charge in [0, 0.05) is 0 Å². The fourth-order valence-corrected chi connectivity index (χ4v) is 1.49. The predicted octanol–water partition coefficient (Wildman–Crippen LogP) is 1.43. The molecule has 0 unspecified atom stereocenters. The third kappa shape index (κ3) is 2.79. The van der Waals surface area contributed by atoms with Crippen molar-refractivity contribution in [3.63, 3.8) is 0 Å². The lowest BCUT2D eigenvalue weighted by atomic mass is 10.2. The molecule has 18 heavy (non-hydrogen) atoms. The van der Waals surface area contributed by atoms with E-state index in [0.717, 1.165) is 0 Å². The summed E-state index contributed by atoms with van der Waals surface area (Å²) in [6.45, 7) is 0.240. The molecule has 0 saturated heterocycles. The van der Waals surface area contributed by atoms with Crippen LogP contribution in [0.4, 0.5) is 0 Å². The Balaban J connectivity index is 2.00. The highest BCUT2D eigenvalue weighted by atomic mass is 16.4. The Bertz CT molecular complexity index is 541. The molecule has 0 radical (unpaired) electrons. The van der Waals surface area contributed by atoms with Gasteiger partial charge >= 0.3 is 5.97 Å². The Morgan fingerprint density at radius 2 is 2.06 bits per heavy atom. The van der Waals surface area contributed by atoms with Crippen molar-refractivity contribution in [3.05, 3.63) is 47.8 Å². The van der Waals surface area contributed by atoms with E-state index in [4.69, 9.17) is 13.9 Å². The monoisotopic (exact) mass is 249 g/mol. The first-order valence-corrected chi connectivity index (χ1v) is 5.25. The van der Waals surface area contributed by atoms with Crippen molar-refractivity contribution in [1.29, 1.82) is 0 Å². The van der Waals surface area contributed by atoms with Gasteiger partial charge in [0.2, 0.25) is 0 Å². The molecule has 6 nitrogen and oxygen atoms in total. The van der Waals surface area contributed by atoms with Crippen molar-refractivity contribution in [1.82, 2.24) is 5.32 Å². The number of aliphatic carboxylic acids is 1. The first-order valence-electron chi connectivity index (χ1n) is 5.25. The number of furan rings is 2.